The maximum absolute atomic E-state index is 12.6. The molecule has 0 unspecified atom stereocenters. The highest BCUT2D eigenvalue weighted by atomic mass is 19.4. The van der Waals surface area contributed by atoms with Crippen LogP contribution in [-0.4, -0.2) is 26.0 Å². The van der Waals surface area contributed by atoms with Gasteiger partial charge in [0.25, 0.3) is 0 Å². The van der Waals surface area contributed by atoms with Gasteiger partial charge in [-0.05, 0) is 12.1 Å². The largest absolute Gasteiger partial charge is 0.478 e. The van der Waals surface area contributed by atoms with E-state index in [-0.39, 0.29) is 16.6 Å². The van der Waals surface area contributed by atoms with Gasteiger partial charge < -0.3 is 10.1 Å². The van der Waals surface area contributed by atoms with Crippen molar-refractivity contribution in [2.75, 3.05) is 0 Å². The highest BCUT2D eigenvalue weighted by molar-refractivity contribution is 6.07. The van der Waals surface area contributed by atoms with E-state index in [4.69, 9.17) is 5.11 Å². The first-order valence-electron chi connectivity index (χ1n) is 6.11. The maximum atomic E-state index is 12.6. The number of H-pyrrole nitrogens is 1. The van der Waals surface area contributed by atoms with Crippen LogP contribution in [0.15, 0.2) is 36.8 Å². The summed E-state index contributed by atoms with van der Waals surface area (Å²) in [5, 5.41) is 9.43. The molecule has 8 heteroatoms. The van der Waals surface area contributed by atoms with Crippen LogP contribution in [0.1, 0.15) is 15.9 Å². The zero-order chi connectivity index (χ0) is 15.9. The summed E-state index contributed by atoms with van der Waals surface area (Å²) in [4.78, 5) is 21.8. The number of hydrogen-bond acceptors (Lipinski definition) is 3. The molecule has 0 atom stereocenters. The summed E-state index contributed by atoms with van der Waals surface area (Å²) in [7, 11) is 0. The third-order valence-electron chi connectivity index (χ3n) is 3.19. The molecule has 22 heavy (non-hydrogen) atoms. The second-order valence-electron chi connectivity index (χ2n) is 4.53. The van der Waals surface area contributed by atoms with Gasteiger partial charge in [-0.15, -0.1) is 0 Å². The van der Waals surface area contributed by atoms with Gasteiger partial charge >= 0.3 is 12.1 Å². The monoisotopic (exact) mass is 307 g/mol. The third-order valence-corrected chi connectivity index (χ3v) is 3.19. The van der Waals surface area contributed by atoms with Crippen LogP contribution in [0.25, 0.3) is 22.3 Å². The van der Waals surface area contributed by atoms with Gasteiger partial charge in [0.1, 0.15) is 12.0 Å². The minimum absolute atomic E-state index is 0.0366. The van der Waals surface area contributed by atoms with E-state index in [1.165, 1.54) is 24.7 Å². The van der Waals surface area contributed by atoms with Gasteiger partial charge in [-0.1, -0.05) is 12.1 Å². The van der Waals surface area contributed by atoms with E-state index in [0.717, 1.165) is 12.1 Å². The molecule has 0 bridgehead atoms. The number of carbonyl (C=O) groups is 1. The standard InChI is InChI=1S/C14H8F3N3O2/c15-14(16,17)8-3-1-7(2-4-8)11-10-9(13(21)22)5-18-12(10)20-6-19-11/h1-6H,(H,21,22)(H,18,19,20). The fourth-order valence-electron chi connectivity index (χ4n) is 2.17. The molecule has 0 aliphatic rings. The van der Waals surface area contributed by atoms with Crippen LogP contribution in [0, 0.1) is 0 Å². The molecular formula is C14H8F3N3O2. The predicted octanol–water partition coefficient (Wildman–Crippen LogP) is 3.34. The molecule has 3 aromatic rings. The number of benzene rings is 1. The average Bonchev–Trinajstić information content (AvgIpc) is 2.90. The molecule has 3 rings (SSSR count). The fraction of sp³-hybridized carbons (Fsp3) is 0.0714. The number of carboxylic acid groups (broad SMARTS) is 1. The van der Waals surface area contributed by atoms with E-state index >= 15 is 0 Å². The fourth-order valence-corrected chi connectivity index (χ4v) is 2.17. The first kappa shape index (κ1) is 14.1. The molecule has 0 amide bonds. The maximum Gasteiger partial charge on any atom is 0.416 e. The summed E-state index contributed by atoms with van der Waals surface area (Å²) in [6.45, 7) is 0. The van der Waals surface area contributed by atoms with E-state index in [1.54, 1.807) is 0 Å². The van der Waals surface area contributed by atoms with Crippen molar-refractivity contribution < 1.29 is 23.1 Å². The van der Waals surface area contributed by atoms with Crippen LogP contribution >= 0.6 is 0 Å². The summed E-state index contributed by atoms with van der Waals surface area (Å²) in [5.74, 6) is -1.17. The molecule has 112 valence electrons. The smallest absolute Gasteiger partial charge is 0.416 e. The summed E-state index contributed by atoms with van der Waals surface area (Å²) in [5.41, 5.74) is 0.127. The number of nitrogens with zero attached hydrogens (tertiary/aromatic N) is 2. The molecule has 0 fully saturated rings. The summed E-state index contributed by atoms with van der Waals surface area (Å²) in [6, 6.07) is 4.36. The molecule has 2 aromatic heterocycles. The van der Waals surface area contributed by atoms with Crippen LogP contribution in [0.3, 0.4) is 0 Å². The number of carboxylic acids is 1. The van der Waals surface area contributed by atoms with Gasteiger partial charge in [-0.3, -0.25) is 0 Å². The van der Waals surface area contributed by atoms with Crippen molar-refractivity contribution in [2.24, 2.45) is 0 Å². The zero-order valence-corrected chi connectivity index (χ0v) is 10.8. The summed E-state index contributed by atoms with van der Waals surface area (Å²) < 4.78 is 37.8. The molecule has 1 aromatic carbocycles. The number of alkyl halides is 3. The second kappa shape index (κ2) is 4.83. The number of nitrogens with one attached hydrogen (secondary N) is 1. The molecule has 0 aliphatic carbocycles. The van der Waals surface area contributed by atoms with Gasteiger partial charge in [-0.25, -0.2) is 14.8 Å². The van der Waals surface area contributed by atoms with Crippen molar-refractivity contribution >= 4 is 17.0 Å². The van der Waals surface area contributed by atoms with Crippen LogP contribution in [0.5, 0.6) is 0 Å². The molecule has 5 nitrogen and oxygen atoms in total. The molecule has 0 saturated heterocycles. The average molecular weight is 307 g/mol. The first-order chi connectivity index (χ1) is 10.4. The molecule has 0 saturated carbocycles. The normalized spacial score (nSPS) is 11.8. The minimum Gasteiger partial charge on any atom is -0.478 e. The Balaban J connectivity index is 2.18. The van der Waals surface area contributed by atoms with E-state index in [0.29, 0.717) is 11.2 Å². The Morgan fingerprint density at radius 1 is 1.14 bits per heavy atom. The summed E-state index contributed by atoms with van der Waals surface area (Å²) in [6.07, 6.45) is -1.94. The van der Waals surface area contributed by atoms with Crippen molar-refractivity contribution in [1.82, 2.24) is 15.0 Å². The minimum atomic E-state index is -4.43. The SMILES string of the molecule is O=C(O)c1c[nH]c2ncnc(-c3ccc(C(F)(F)F)cc3)c12. The van der Waals surface area contributed by atoms with Gasteiger partial charge in [0.05, 0.1) is 22.2 Å². The number of aromatic nitrogens is 3. The molecule has 0 spiro atoms. The lowest BCUT2D eigenvalue weighted by molar-refractivity contribution is -0.137. The van der Waals surface area contributed by atoms with E-state index < -0.39 is 17.7 Å². The van der Waals surface area contributed by atoms with Gasteiger partial charge in [0, 0.05) is 11.8 Å². The van der Waals surface area contributed by atoms with Crippen molar-refractivity contribution in [3.8, 4) is 11.3 Å². The molecule has 2 heterocycles. The van der Waals surface area contributed by atoms with Crippen molar-refractivity contribution in [3.05, 3.63) is 47.9 Å². The van der Waals surface area contributed by atoms with Crippen LogP contribution in [-0.2, 0) is 6.18 Å². The Morgan fingerprint density at radius 2 is 1.82 bits per heavy atom. The van der Waals surface area contributed by atoms with Gasteiger partial charge in [0.2, 0.25) is 0 Å². The summed E-state index contributed by atoms with van der Waals surface area (Å²) >= 11 is 0. The van der Waals surface area contributed by atoms with Crippen LogP contribution in [0.4, 0.5) is 13.2 Å². The highest BCUT2D eigenvalue weighted by Crippen LogP contribution is 2.32. The molecule has 0 aliphatic heterocycles. The van der Waals surface area contributed by atoms with Gasteiger partial charge in [-0.2, -0.15) is 13.2 Å². The van der Waals surface area contributed by atoms with Crippen molar-refractivity contribution in [2.45, 2.75) is 6.18 Å². The van der Waals surface area contributed by atoms with E-state index in [2.05, 4.69) is 15.0 Å². The van der Waals surface area contributed by atoms with Crippen LogP contribution in [0.2, 0.25) is 0 Å². The van der Waals surface area contributed by atoms with E-state index in [9.17, 15) is 18.0 Å². The van der Waals surface area contributed by atoms with Crippen molar-refractivity contribution in [3.63, 3.8) is 0 Å². The lowest BCUT2D eigenvalue weighted by atomic mass is 10.0. The zero-order valence-electron chi connectivity index (χ0n) is 10.8. The number of rotatable bonds is 2. The molecule has 0 radical (unpaired) electrons. The lowest BCUT2D eigenvalue weighted by Crippen LogP contribution is -2.04. The van der Waals surface area contributed by atoms with Crippen LogP contribution < -0.4 is 0 Å². The number of aromatic carboxylic acids is 1. The number of hydrogen-bond donors (Lipinski definition) is 2. The predicted molar refractivity (Wildman–Crippen MR) is 71.3 cm³/mol. The van der Waals surface area contributed by atoms with Gasteiger partial charge in [0.15, 0.2) is 0 Å². The highest BCUT2D eigenvalue weighted by Gasteiger charge is 2.30. The quantitative estimate of drug-likeness (QED) is 0.761. The Kier molecular flexibility index (Phi) is 3.09. The topological polar surface area (TPSA) is 78.9 Å². The van der Waals surface area contributed by atoms with Crippen molar-refractivity contribution in [1.29, 1.82) is 0 Å². The Hall–Kier alpha value is -2.90. The molecular weight excluding hydrogens is 299 g/mol. The molecule has 2 N–H and O–H groups in total. The number of aromatic amines is 1. The first-order valence-corrected chi connectivity index (χ1v) is 6.11. The Labute approximate surface area is 121 Å². The number of fused-ring (bicyclic) bond motifs is 1. The lowest BCUT2D eigenvalue weighted by Gasteiger charge is -2.08. The third kappa shape index (κ3) is 2.28. The Morgan fingerprint density at radius 3 is 2.41 bits per heavy atom. The second-order valence-corrected chi connectivity index (χ2v) is 4.53. The Bertz CT molecular complexity index is 854. The number of halogens is 3. The van der Waals surface area contributed by atoms with E-state index in [1.807, 2.05) is 0 Å².